The lowest BCUT2D eigenvalue weighted by atomic mass is 10.3. The lowest BCUT2D eigenvalue weighted by Gasteiger charge is -2.34. The van der Waals surface area contributed by atoms with Crippen molar-refractivity contribution in [3.05, 3.63) is 42.6 Å². The molecule has 0 saturated carbocycles. The summed E-state index contributed by atoms with van der Waals surface area (Å²) in [5, 5.41) is 32.8. The largest absolute Gasteiger partial charge is 0.473 e. The highest BCUT2D eigenvalue weighted by Gasteiger charge is 2.20. The van der Waals surface area contributed by atoms with Crippen LogP contribution in [0, 0.1) is 0 Å². The zero-order valence-electron chi connectivity index (χ0n) is 23.0. The highest BCUT2D eigenvalue weighted by molar-refractivity contribution is 6.27. The Morgan fingerprint density at radius 1 is 0.833 bits per heavy atom. The Hall–Kier alpha value is -4.74. The second kappa shape index (κ2) is 17.8. The Morgan fingerprint density at radius 3 is 1.98 bits per heavy atom. The zero-order valence-corrected chi connectivity index (χ0v) is 23.0. The summed E-state index contributed by atoms with van der Waals surface area (Å²) in [6.45, 7) is 11.0. The van der Waals surface area contributed by atoms with Crippen molar-refractivity contribution in [2.75, 3.05) is 57.8 Å². The molecule has 17 nitrogen and oxygen atoms in total. The van der Waals surface area contributed by atoms with Gasteiger partial charge in [0.15, 0.2) is 5.65 Å². The Kier molecular flexibility index (Phi) is 14.2. The van der Waals surface area contributed by atoms with Gasteiger partial charge in [0.2, 0.25) is 5.95 Å². The number of aromatic nitrogens is 5. The fraction of sp³-hybridized carbons (Fsp3) is 0.440. The molecule has 0 radical (unpaired) electrons. The first-order valence-corrected chi connectivity index (χ1v) is 12.9. The van der Waals surface area contributed by atoms with Gasteiger partial charge in [0.25, 0.3) is 0 Å². The predicted octanol–water partition coefficient (Wildman–Crippen LogP) is -0.201. The number of hydrogen-bond acceptors (Lipinski definition) is 12. The molecule has 0 atom stereocenters. The van der Waals surface area contributed by atoms with E-state index in [-0.39, 0.29) is 0 Å². The summed E-state index contributed by atoms with van der Waals surface area (Å²) in [6, 6.07) is 5.80. The molecule has 4 heterocycles. The molecule has 5 N–H and O–H groups in total. The van der Waals surface area contributed by atoms with E-state index in [0.29, 0.717) is 12.6 Å². The minimum Gasteiger partial charge on any atom is -0.473 e. The van der Waals surface area contributed by atoms with Crippen molar-refractivity contribution in [3.63, 3.8) is 0 Å². The maximum Gasteiger partial charge on any atom is 0.414 e. The van der Waals surface area contributed by atoms with Crippen LogP contribution in [0.4, 0.5) is 5.95 Å². The monoisotopic (exact) mass is 590 g/mol. The first-order valence-electron chi connectivity index (χ1n) is 12.9. The summed E-state index contributed by atoms with van der Waals surface area (Å²) in [7, 11) is 0. The van der Waals surface area contributed by atoms with Gasteiger partial charge in [0, 0.05) is 71.0 Å². The van der Waals surface area contributed by atoms with E-state index in [4.69, 9.17) is 49.3 Å². The van der Waals surface area contributed by atoms with Crippen LogP contribution in [0.2, 0.25) is 0 Å². The summed E-state index contributed by atoms with van der Waals surface area (Å²) in [6.07, 6.45) is 5.34. The third-order valence-electron chi connectivity index (χ3n) is 5.72. The number of fused-ring (bicyclic) bond motifs is 1. The van der Waals surface area contributed by atoms with Crippen molar-refractivity contribution in [2.24, 2.45) is 0 Å². The third-order valence-corrected chi connectivity index (χ3v) is 5.72. The highest BCUT2D eigenvalue weighted by Crippen LogP contribution is 2.16. The van der Waals surface area contributed by atoms with Crippen LogP contribution in [0.15, 0.2) is 36.8 Å². The summed E-state index contributed by atoms with van der Waals surface area (Å²) in [4.78, 5) is 59.2. The van der Waals surface area contributed by atoms with Gasteiger partial charge in [0.05, 0.1) is 13.2 Å². The molecular weight excluding hydrogens is 556 g/mol. The van der Waals surface area contributed by atoms with Crippen molar-refractivity contribution in [1.82, 2.24) is 34.3 Å². The first-order chi connectivity index (χ1) is 20.1. The highest BCUT2D eigenvalue weighted by atomic mass is 16.5. The molecular formula is C25H34N8O9. The van der Waals surface area contributed by atoms with Crippen molar-refractivity contribution in [3.8, 4) is 0 Å². The maximum absolute atomic E-state index is 9.10. The van der Waals surface area contributed by atoms with Gasteiger partial charge in [-0.1, -0.05) is 0 Å². The fourth-order valence-corrected chi connectivity index (χ4v) is 3.75. The van der Waals surface area contributed by atoms with Gasteiger partial charge in [-0.15, -0.1) is 0 Å². The average Bonchev–Trinajstić information content (AvgIpc) is 3.32. The molecule has 4 rings (SSSR count). The minimum atomic E-state index is -1.82. The van der Waals surface area contributed by atoms with Gasteiger partial charge >= 0.3 is 23.9 Å². The minimum absolute atomic E-state index is 0.678. The number of carboxylic acids is 4. The molecule has 1 aliphatic rings. The van der Waals surface area contributed by atoms with Gasteiger partial charge < -0.3 is 35.0 Å². The van der Waals surface area contributed by atoms with Gasteiger partial charge in [-0.25, -0.2) is 39.1 Å². The van der Waals surface area contributed by atoms with Crippen molar-refractivity contribution in [2.45, 2.75) is 20.0 Å². The van der Waals surface area contributed by atoms with Crippen molar-refractivity contribution >= 4 is 41.0 Å². The number of anilines is 1. The number of piperazine rings is 1. The third kappa shape index (κ3) is 11.8. The Labute approximate surface area is 240 Å². The van der Waals surface area contributed by atoms with Crippen LogP contribution in [-0.4, -0.2) is 131 Å². The number of imidazole rings is 1. The molecule has 0 spiro atoms. The molecule has 1 fully saturated rings. The number of nitrogens with one attached hydrogen (secondary N) is 1. The summed E-state index contributed by atoms with van der Waals surface area (Å²) in [5.41, 5.74) is 1.90. The summed E-state index contributed by atoms with van der Waals surface area (Å²) >= 11 is 0. The molecule has 0 aliphatic carbocycles. The van der Waals surface area contributed by atoms with E-state index in [1.54, 1.807) is 12.4 Å². The van der Waals surface area contributed by atoms with Crippen LogP contribution in [0.1, 0.15) is 12.7 Å². The summed E-state index contributed by atoms with van der Waals surface area (Å²) in [5.74, 6) is -5.54. The molecule has 42 heavy (non-hydrogen) atoms. The van der Waals surface area contributed by atoms with Gasteiger partial charge in [0.1, 0.15) is 11.3 Å². The lowest BCUT2D eigenvalue weighted by molar-refractivity contribution is -0.159. The number of carboxylic acid groups (broad SMARTS) is 4. The Morgan fingerprint density at radius 2 is 1.40 bits per heavy atom. The number of pyridine rings is 1. The number of nitrogens with zero attached hydrogens (tertiary/aromatic N) is 7. The number of aliphatic carboxylic acids is 4. The normalized spacial score (nSPS) is 13.3. The molecule has 0 unspecified atom stereocenters. The quantitative estimate of drug-likeness (QED) is 0.152. The number of carbonyl (C=O) groups is 4. The molecule has 0 aromatic carbocycles. The Balaban J connectivity index is 0.000000434. The molecule has 3 aromatic heterocycles. The predicted molar refractivity (Wildman–Crippen MR) is 147 cm³/mol. The second-order valence-corrected chi connectivity index (χ2v) is 8.56. The van der Waals surface area contributed by atoms with Crippen LogP contribution in [0.5, 0.6) is 0 Å². The van der Waals surface area contributed by atoms with Gasteiger partial charge in [-0.3, -0.25) is 9.80 Å². The molecule has 0 amide bonds. The van der Waals surface area contributed by atoms with Crippen LogP contribution >= 0.6 is 0 Å². The second-order valence-electron chi connectivity index (χ2n) is 8.56. The van der Waals surface area contributed by atoms with Crippen LogP contribution in [0.25, 0.3) is 11.2 Å². The first kappa shape index (κ1) is 33.5. The Bertz CT molecular complexity index is 1250. The fourth-order valence-electron chi connectivity index (χ4n) is 3.75. The van der Waals surface area contributed by atoms with E-state index in [0.717, 1.165) is 76.0 Å². The number of hydrogen-bond donors (Lipinski definition) is 5. The lowest BCUT2D eigenvalue weighted by Crippen LogP contribution is -2.47. The smallest absolute Gasteiger partial charge is 0.414 e. The van der Waals surface area contributed by atoms with Gasteiger partial charge in [-0.2, -0.15) is 0 Å². The molecule has 1 saturated heterocycles. The van der Waals surface area contributed by atoms with E-state index >= 15 is 0 Å². The SMILES string of the molecule is CCOCCn1c(CN2CCN(CCNc3ncccn3)CC2)nc2cccnc21.O=C(O)C(=O)O.O=C(O)C(=O)O. The topological polar surface area (TPSA) is 233 Å². The van der Waals surface area contributed by atoms with Crippen LogP contribution in [0.3, 0.4) is 0 Å². The maximum atomic E-state index is 9.10. The molecule has 228 valence electrons. The standard InChI is InChI=1S/C21H30N8O.2C2H2O4/c1-2-30-16-15-29-19(26-18-5-3-6-22-20(18)29)17-28-13-11-27(12-14-28)10-9-25-21-23-7-4-8-24-21;2*3-1(4)2(5)6/h3-8H,2,9-17H2,1H3,(H,23,24,25);2*(H,3,4)(H,5,6). The van der Waals surface area contributed by atoms with Crippen molar-refractivity contribution in [1.29, 1.82) is 0 Å². The van der Waals surface area contributed by atoms with Crippen LogP contribution in [-0.2, 0) is 37.0 Å². The molecule has 0 bridgehead atoms. The summed E-state index contributed by atoms with van der Waals surface area (Å²) < 4.78 is 7.78. The number of ether oxygens (including phenoxy) is 1. The van der Waals surface area contributed by atoms with Crippen molar-refractivity contribution < 1.29 is 44.3 Å². The van der Waals surface area contributed by atoms with E-state index in [1.165, 1.54) is 0 Å². The molecule has 3 aromatic rings. The number of rotatable bonds is 10. The van der Waals surface area contributed by atoms with E-state index in [2.05, 4.69) is 34.6 Å². The van der Waals surface area contributed by atoms with Gasteiger partial charge in [-0.05, 0) is 25.1 Å². The van der Waals surface area contributed by atoms with E-state index in [9.17, 15) is 0 Å². The van der Waals surface area contributed by atoms with Crippen LogP contribution < -0.4 is 5.32 Å². The van der Waals surface area contributed by atoms with E-state index in [1.807, 2.05) is 31.3 Å². The average molecular weight is 591 g/mol. The molecule has 1 aliphatic heterocycles. The van der Waals surface area contributed by atoms with E-state index < -0.39 is 23.9 Å². The zero-order chi connectivity index (χ0) is 30.9. The molecule has 17 heteroatoms.